The van der Waals surface area contributed by atoms with Crippen LogP contribution in [-0.2, 0) is 14.8 Å². The second-order valence-electron chi connectivity index (χ2n) is 3.09. The van der Waals surface area contributed by atoms with Crippen LogP contribution in [0.25, 0.3) is 0 Å². The van der Waals surface area contributed by atoms with E-state index in [1.165, 1.54) is 0 Å². The number of carboxylic acid groups (broad SMARTS) is 1. The van der Waals surface area contributed by atoms with Gasteiger partial charge in [0.05, 0.1) is 9.95 Å². The molecule has 8 nitrogen and oxygen atoms in total. The topological polar surface area (TPSA) is 127 Å². The third-order valence-corrected chi connectivity index (χ3v) is 3.71. The van der Waals surface area contributed by atoms with Crippen molar-refractivity contribution in [2.45, 2.75) is 4.90 Å². The molecule has 0 amide bonds. The van der Waals surface area contributed by atoms with Crippen LogP contribution in [0.15, 0.2) is 23.1 Å². The number of hydrogen-bond acceptors (Lipinski definition) is 5. The third kappa shape index (κ3) is 3.39. The van der Waals surface area contributed by atoms with Crippen molar-refractivity contribution in [1.82, 2.24) is 4.72 Å². The van der Waals surface area contributed by atoms with Crippen LogP contribution in [0, 0.1) is 10.1 Å². The Hall–Kier alpha value is -1.71. The van der Waals surface area contributed by atoms with Crippen LogP contribution in [0.5, 0.6) is 0 Å². The summed E-state index contributed by atoms with van der Waals surface area (Å²) in [4.78, 5) is 19.5. The number of carbonyl (C=O) groups is 1. The molecular weight excluding hydrogens is 288 g/mol. The van der Waals surface area contributed by atoms with E-state index in [-0.39, 0.29) is 10.7 Å². The predicted molar refractivity (Wildman–Crippen MR) is 60.9 cm³/mol. The second kappa shape index (κ2) is 5.29. The van der Waals surface area contributed by atoms with Gasteiger partial charge in [-0.05, 0) is 6.07 Å². The van der Waals surface area contributed by atoms with Gasteiger partial charge in [0.2, 0.25) is 10.0 Å². The molecule has 0 fully saturated rings. The average molecular weight is 295 g/mol. The van der Waals surface area contributed by atoms with E-state index in [0.717, 1.165) is 18.2 Å². The molecule has 0 bridgehead atoms. The highest BCUT2D eigenvalue weighted by atomic mass is 35.5. The van der Waals surface area contributed by atoms with Crippen LogP contribution in [0.4, 0.5) is 5.69 Å². The number of nitro benzene ring substituents is 1. The molecule has 0 aliphatic carbocycles. The summed E-state index contributed by atoms with van der Waals surface area (Å²) < 4.78 is 25.0. The van der Waals surface area contributed by atoms with E-state index in [0.29, 0.717) is 0 Å². The minimum Gasteiger partial charge on any atom is -0.480 e. The lowest BCUT2D eigenvalue weighted by Crippen LogP contribution is -2.29. The summed E-state index contributed by atoms with van der Waals surface area (Å²) in [6, 6.07) is 2.77. The molecule has 18 heavy (non-hydrogen) atoms. The van der Waals surface area contributed by atoms with Gasteiger partial charge in [0.25, 0.3) is 5.69 Å². The first-order valence-electron chi connectivity index (χ1n) is 4.39. The van der Waals surface area contributed by atoms with Gasteiger partial charge in [-0.15, -0.1) is 0 Å². The molecule has 2 N–H and O–H groups in total. The molecule has 0 atom stereocenters. The maximum Gasteiger partial charge on any atom is 0.318 e. The number of aliphatic carboxylic acids is 1. The van der Waals surface area contributed by atoms with Gasteiger partial charge in [0, 0.05) is 12.1 Å². The Bertz CT molecular complexity index is 600. The highest BCUT2D eigenvalue weighted by Gasteiger charge is 2.21. The molecule has 0 aliphatic rings. The van der Waals surface area contributed by atoms with Crippen molar-refractivity contribution in [3.05, 3.63) is 33.3 Å². The number of nitrogens with zero attached hydrogens (tertiary/aromatic N) is 1. The third-order valence-electron chi connectivity index (χ3n) is 1.83. The van der Waals surface area contributed by atoms with Crippen LogP contribution in [0.2, 0.25) is 5.02 Å². The maximum atomic E-state index is 11.6. The van der Waals surface area contributed by atoms with E-state index in [1.807, 2.05) is 0 Å². The van der Waals surface area contributed by atoms with E-state index < -0.39 is 32.4 Å². The molecule has 98 valence electrons. The lowest BCUT2D eigenvalue weighted by atomic mass is 10.3. The van der Waals surface area contributed by atoms with Gasteiger partial charge >= 0.3 is 5.97 Å². The van der Waals surface area contributed by atoms with Crippen LogP contribution in [-0.4, -0.2) is 31.0 Å². The van der Waals surface area contributed by atoms with Crippen LogP contribution >= 0.6 is 11.6 Å². The summed E-state index contributed by atoms with van der Waals surface area (Å²) >= 11 is 5.60. The fourth-order valence-electron chi connectivity index (χ4n) is 1.06. The number of sulfonamides is 1. The number of hydrogen-bond donors (Lipinski definition) is 2. The Labute approximate surface area is 106 Å². The molecule has 0 saturated carbocycles. The number of nitro groups is 1. The summed E-state index contributed by atoms with van der Waals surface area (Å²) in [6.45, 7) is -0.810. The second-order valence-corrected chi connectivity index (χ2v) is 5.23. The largest absolute Gasteiger partial charge is 0.480 e. The molecule has 0 spiro atoms. The fourth-order valence-corrected chi connectivity index (χ4v) is 2.57. The van der Waals surface area contributed by atoms with Crippen molar-refractivity contribution in [2.24, 2.45) is 0 Å². The molecule has 0 aromatic heterocycles. The molecule has 10 heteroatoms. The van der Waals surface area contributed by atoms with Crippen LogP contribution in [0.1, 0.15) is 0 Å². The Kier molecular flexibility index (Phi) is 4.22. The zero-order chi connectivity index (χ0) is 13.9. The molecule has 1 rings (SSSR count). The molecule has 0 aliphatic heterocycles. The smallest absolute Gasteiger partial charge is 0.318 e. The van der Waals surface area contributed by atoms with E-state index in [9.17, 15) is 23.3 Å². The quantitative estimate of drug-likeness (QED) is 0.605. The van der Waals surface area contributed by atoms with E-state index >= 15 is 0 Å². The minimum absolute atomic E-state index is 0.359. The standard InChI is InChI=1S/C8H7ClN2O6S/c9-6-3-5(11(14)15)1-2-7(6)18(16,17)10-4-8(12)13/h1-3,10H,4H2,(H,12,13). The Morgan fingerprint density at radius 2 is 2.11 bits per heavy atom. The van der Waals surface area contributed by atoms with Crippen LogP contribution < -0.4 is 4.72 Å². The minimum atomic E-state index is -4.11. The monoisotopic (exact) mass is 294 g/mol. The normalized spacial score (nSPS) is 11.2. The van der Waals surface area contributed by atoms with Gasteiger partial charge in [0.1, 0.15) is 11.4 Å². The number of halogens is 1. The summed E-state index contributed by atoms with van der Waals surface area (Å²) in [7, 11) is -4.11. The van der Waals surface area contributed by atoms with Crippen molar-refractivity contribution in [1.29, 1.82) is 0 Å². The Morgan fingerprint density at radius 3 is 2.56 bits per heavy atom. The molecule has 1 aromatic rings. The maximum absolute atomic E-state index is 11.6. The number of benzene rings is 1. The average Bonchev–Trinajstić information content (AvgIpc) is 2.26. The van der Waals surface area contributed by atoms with Crippen molar-refractivity contribution in [2.75, 3.05) is 6.54 Å². The summed E-state index contributed by atoms with van der Waals surface area (Å²) in [5.74, 6) is -1.36. The van der Waals surface area contributed by atoms with Gasteiger partial charge in [-0.25, -0.2) is 8.42 Å². The van der Waals surface area contributed by atoms with Gasteiger partial charge < -0.3 is 5.11 Å². The van der Waals surface area contributed by atoms with Crippen molar-refractivity contribution in [3.8, 4) is 0 Å². The van der Waals surface area contributed by atoms with E-state index in [1.54, 1.807) is 4.72 Å². The molecular formula is C8H7ClN2O6S. The highest BCUT2D eigenvalue weighted by Crippen LogP contribution is 2.25. The summed E-state index contributed by atoms with van der Waals surface area (Å²) in [5.41, 5.74) is -0.364. The van der Waals surface area contributed by atoms with Gasteiger partial charge in [-0.1, -0.05) is 11.6 Å². The van der Waals surface area contributed by atoms with Crippen LogP contribution in [0.3, 0.4) is 0 Å². The number of carboxylic acids is 1. The SMILES string of the molecule is O=C(O)CNS(=O)(=O)c1ccc([N+](=O)[O-])cc1Cl. The number of rotatable bonds is 5. The molecule has 1 aromatic carbocycles. The lowest BCUT2D eigenvalue weighted by Gasteiger charge is -2.06. The Morgan fingerprint density at radius 1 is 1.50 bits per heavy atom. The first kappa shape index (κ1) is 14.4. The molecule has 0 unspecified atom stereocenters. The van der Waals surface area contributed by atoms with Gasteiger partial charge in [0.15, 0.2) is 0 Å². The Balaban J connectivity index is 3.10. The van der Waals surface area contributed by atoms with E-state index in [2.05, 4.69) is 0 Å². The van der Waals surface area contributed by atoms with Crippen molar-refractivity contribution >= 4 is 33.3 Å². The lowest BCUT2D eigenvalue weighted by molar-refractivity contribution is -0.384. The zero-order valence-electron chi connectivity index (χ0n) is 8.66. The predicted octanol–water partition coefficient (Wildman–Crippen LogP) is 0.611. The molecule has 0 heterocycles. The first-order chi connectivity index (χ1) is 8.24. The van der Waals surface area contributed by atoms with Gasteiger partial charge in [-0.2, -0.15) is 4.72 Å². The van der Waals surface area contributed by atoms with Crippen molar-refractivity contribution in [3.63, 3.8) is 0 Å². The summed E-state index contributed by atoms with van der Waals surface area (Å²) in [6.07, 6.45) is 0. The fraction of sp³-hybridized carbons (Fsp3) is 0.125. The van der Waals surface area contributed by atoms with E-state index in [4.69, 9.17) is 16.7 Å². The zero-order valence-corrected chi connectivity index (χ0v) is 10.2. The number of nitrogens with one attached hydrogen (secondary N) is 1. The number of non-ortho nitro benzene ring substituents is 1. The summed E-state index contributed by atoms with van der Waals surface area (Å²) in [5, 5.41) is 18.4. The van der Waals surface area contributed by atoms with Gasteiger partial charge in [-0.3, -0.25) is 14.9 Å². The molecule has 0 radical (unpaired) electrons. The highest BCUT2D eigenvalue weighted by molar-refractivity contribution is 7.89. The van der Waals surface area contributed by atoms with Crippen molar-refractivity contribution < 1.29 is 23.2 Å². The molecule has 0 saturated heterocycles. The first-order valence-corrected chi connectivity index (χ1v) is 6.25.